The van der Waals surface area contributed by atoms with Crippen LogP contribution in [0.5, 0.6) is 0 Å². The SMILES string of the molecule is c1ccc(-n2c3ccccc3c3cc(-c4cccc(-c5ccc6oc7ccccc7c6c5)c4-c4c5ccccc5c(-c5ccc6oc7ccccc7c6c5)c5ccccc45)ccc32)cc1. The number of fused-ring (bicyclic) bond motifs is 11. The van der Waals surface area contributed by atoms with Crippen LogP contribution < -0.4 is 0 Å². The molecule has 3 nitrogen and oxygen atoms in total. The summed E-state index contributed by atoms with van der Waals surface area (Å²) in [6, 6.07) is 81.4. The highest BCUT2D eigenvalue weighted by Gasteiger charge is 2.24. The van der Waals surface area contributed by atoms with Crippen molar-refractivity contribution in [3.8, 4) is 50.2 Å². The van der Waals surface area contributed by atoms with E-state index in [1.165, 1.54) is 65.6 Å². The maximum atomic E-state index is 6.37. The first kappa shape index (κ1) is 35.9. The Morgan fingerprint density at radius 2 is 0.677 bits per heavy atom. The molecule has 0 bridgehead atoms. The van der Waals surface area contributed by atoms with Gasteiger partial charge < -0.3 is 13.4 Å². The minimum absolute atomic E-state index is 0.885. The van der Waals surface area contributed by atoms with Crippen LogP contribution in [0.15, 0.2) is 233 Å². The number of hydrogen-bond acceptors (Lipinski definition) is 2. The first-order chi connectivity index (χ1) is 32.2. The summed E-state index contributed by atoms with van der Waals surface area (Å²) in [7, 11) is 0. The van der Waals surface area contributed by atoms with Crippen LogP contribution in [-0.4, -0.2) is 4.57 Å². The van der Waals surface area contributed by atoms with E-state index in [0.29, 0.717) is 0 Å². The topological polar surface area (TPSA) is 31.2 Å². The number of aromatic nitrogens is 1. The molecule has 11 aromatic carbocycles. The van der Waals surface area contributed by atoms with E-state index in [2.05, 4.69) is 217 Å². The Morgan fingerprint density at radius 1 is 0.246 bits per heavy atom. The molecule has 0 atom stereocenters. The van der Waals surface area contributed by atoms with Crippen LogP contribution in [-0.2, 0) is 0 Å². The highest BCUT2D eigenvalue weighted by atomic mass is 16.3. The Kier molecular flexibility index (Phi) is 7.69. The van der Waals surface area contributed by atoms with Crippen molar-refractivity contribution in [3.63, 3.8) is 0 Å². The summed E-state index contributed by atoms with van der Waals surface area (Å²) < 4.78 is 15.1. The van der Waals surface area contributed by atoms with Gasteiger partial charge in [-0.1, -0.05) is 158 Å². The van der Waals surface area contributed by atoms with Gasteiger partial charge in [-0.2, -0.15) is 0 Å². The summed E-state index contributed by atoms with van der Waals surface area (Å²) >= 11 is 0. The Bertz CT molecular complexity index is 4180. The molecule has 3 heteroatoms. The van der Waals surface area contributed by atoms with Crippen LogP contribution in [0.4, 0.5) is 0 Å². The van der Waals surface area contributed by atoms with Crippen molar-refractivity contribution in [1.82, 2.24) is 4.57 Å². The summed E-state index contributed by atoms with van der Waals surface area (Å²) in [5, 5.41) is 11.7. The van der Waals surface area contributed by atoms with Crippen LogP contribution in [0, 0.1) is 0 Å². The Labute approximate surface area is 373 Å². The smallest absolute Gasteiger partial charge is 0.135 e. The number of nitrogens with zero attached hydrogens (tertiary/aromatic N) is 1. The molecule has 3 heterocycles. The van der Waals surface area contributed by atoms with Crippen LogP contribution in [0.1, 0.15) is 0 Å². The van der Waals surface area contributed by atoms with E-state index < -0.39 is 0 Å². The second-order valence-electron chi connectivity index (χ2n) is 17.1. The molecule has 0 aliphatic carbocycles. The molecule has 0 saturated carbocycles. The standard InChI is InChI=1S/C62H37NO2/c1-2-15-41(16-3-1)63-54-26-11-8-17-44(54)51-35-38(29-32-55(51)63)42-24-14-25-43(39-30-33-58-52(36-39)45-18-9-12-27-56(45)64-58)61(42)62-49-22-6-4-20-47(49)60(48-21-5-7-23-50(48)62)40-31-34-59-53(37-40)46-19-10-13-28-57(46)65-59/h1-37H. The van der Waals surface area contributed by atoms with Gasteiger partial charge in [-0.25, -0.2) is 0 Å². The lowest BCUT2D eigenvalue weighted by Gasteiger charge is -2.22. The fourth-order valence-corrected chi connectivity index (χ4v) is 10.8. The van der Waals surface area contributed by atoms with E-state index in [4.69, 9.17) is 8.83 Å². The van der Waals surface area contributed by atoms with E-state index in [1.54, 1.807) is 0 Å². The third-order valence-corrected chi connectivity index (χ3v) is 13.6. The van der Waals surface area contributed by atoms with E-state index in [-0.39, 0.29) is 0 Å². The van der Waals surface area contributed by atoms with Gasteiger partial charge in [0.25, 0.3) is 0 Å². The molecule has 3 aromatic heterocycles. The molecule has 302 valence electrons. The van der Waals surface area contributed by atoms with Crippen LogP contribution >= 0.6 is 0 Å². The molecule has 65 heavy (non-hydrogen) atoms. The van der Waals surface area contributed by atoms with Crippen molar-refractivity contribution in [2.24, 2.45) is 0 Å². The molecule has 0 fully saturated rings. The van der Waals surface area contributed by atoms with Crippen molar-refractivity contribution in [2.45, 2.75) is 0 Å². The average molecular weight is 828 g/mol. The normalized spacial score (nSPS) is 12.0. The third-order valence-electron chi connectivity index (χ3n) is 13.6. The molecule has 0 radical (unpaired) electrons. The molecule has 0 amide bonds. The van der Waals surface area contributed by atoms with Crippen molar-refractivity contribution in [2.75, 3.05) is 0 Å². The summed E-state index contributed by atoms with van der Waals surface area (Å²) in [4.78, 5) is 0. The van der Waals surface area contributed by atoms with Gasteiger partial charge in [0.15, 0.2) is 0 Å². The van der Waals surface area contributed by atoms with Gasteiger partial charge in [0.05, 0.1) is 11.0 Å². The molecule has 0 saturated heterocycles. The summed E-state index contributed by atoms with van der Waals surface area (Å²) in [6.07, 6.45) is 0. The van der Waals surface area contributed by atoms with Gasteiger partial charge in [0.2, 0.25) is 0 Å². The van der Waals surface area contributed by atoms with Gasteiger partial charge in [-0.15, -0.1) is 0 Å². The van der Waals surface area contributed by atoms with E-state index in [9.17, 15) is 0 Å². The van der Waals surface area contributed by atoms with Crippen molar-refractivity contribution in [1.29, 1.82) is 0 Å². The quantitative estimate of drug-likeness (QED) is 0.162. The highest BCUT2D eigenvalue weighted by Crippen LogP contribution is 2.51. The number of hydrogen-bond donors (Lipinski definition) is 0. The lowest BCUT2D eigenvalue weighted by Crippen LogP contribution is -1.96. The third kappa shape index (κ3) is 5.36. The van der Waals surface area contributed by atoms with E-state index in [0.717, 1.165) is 71.8 Å². The molecule has 0 aliphatic rings. The highest BCUT2D eigenvalue weighted by molar-refractivity contribution is 6.25. The van der Waals surface area contributed by atoms with Crippen molar-refractivity contribution >= 4 is 87.2 Å². The van der Waals surface area contributed by atoms with Gasteiger partial charge in [-0.05, 0) is 133 Å². The minimum atomic E-state index is 0.885. The lowest BCUT2D eigenvalue weighted by atomic mass is 9.80. The molecule has 0 N–H and O–H groups in total. The van der Waals surface area contributed by atoms with Gasteiger partial charge in [0.1, 0.15) is 22.3 Å². The first-order valence-electron chi connectivity index (χ1n) is 22.2. The van der Waals surface area contributed by atoms with Crippen molar-refractivity contribution < 1.29 is 8.83 Å². The van der Waals surface area contributed by atoms with E-state index >= 15 is 0 Å². The predicted octanol–water partition coefficient (Wildman–Crippen LogP) is 17.6. The zero-order valence-corrected chi connectivity index (χ0v) is 35.1. The monoisotopic (exact) mass is 827 g/mol. The van der Waals surface area contributed by atoms with Crippen LogP contribution in [0.25, 0.3) is 137 Å². The number of rotatable bonds is 5. The number of para-hydroxylation sites is 4. The zero-order chi connectivity index (χ0) is 42.6. The Morgan fingerprint density at radius 3 is 1.29 bits per heavy atom. The number of benzene rings is 11. The molecule has 14 rings (SSSR count). The van der Waals surface area contributed by atoms with Crippen LogP contribution in [0.3, 0.4) is 0 Å². The Balaban J connectivity index is 1.09. The maximum absolute atomic E-state index is 6.37. The molecule has 0 unspecified atom stereocenters. The lowest BCUT2D eigenvalue weighted by molar-refractivity contribution is 0.668. The molecular weight excluding hydrogens is 791 g/mol. The second-order valence-corrected chi connectivity index (χ2v) is 17.1. The molecule has 14 aromatic rings. The maximum Gasteiger partial charge on any atom is 0.135 e. The summed E-state index contributed by atoms with van der Waals surface area (Å²) in [5.41, 5.74) is 16.5. The Hall–Kier alpha value is -8.66. The molecule has 0 spiro atoms. The second kappa shape index (κ2) is 13.9. The van der Waals surface area contributed by atoms with Gasteiger partial charge in [-0.3, -0.25) is 0 Å². The van der Waals surface area contributed by atoms with Gasteiger partial charge in [0, 0.05) is 38.0 Å². The fourth-order valence-electron chi connectivity index (χ4n) is 10.8. The minimum Gasteiger partial charge on any atom is -0.456 e. The summed E-state index contributed by atoms with van der Waals surface area (Å²) in [6.45, 7) is 0. The van der Waals surface area contributed by atoms with Crippen molar-refractivity contribution in [3.05, 3.63) is 224 Å². The summed E-state index contributed by atoms with van der Waals surface area (Å²) in [5.74, 6) is 0. The predicted molar refractivity (Wildman–Crippen MR) is 272 cm³/mol. The molecule has 0 aliphatic heterocycles. The zero-order valence-electron chi connectivity index (χ0n) is 35.1. The number of furan rings is 2. The fraction of sp³-hybridized carbons (Fsp3) is 0. The first-order valence-corrected chi connectivity index (χ1v) is 22.2. The van der Waals surface area contributed by atoms with Crippen LogP contribution in [0.2, 0.25) is 0 Å². The largest absolute Gasteiger partial charge is 0.456 e. The van der Waals surface area contributed by atoms with Gasteiger partial charge >= 0.3 is 0 Å². The molecular formula is C62H37NO2. The average Bonchev–Trinajstić information content (AvgIpc) is 4.04. The van der Waals surface area contributed by atoms with E-state index in [1.807, 2.05) is 12.1 Å².